The Morgan fingerprint density at radius 1 is 0.974 bits per heavy atom. The summed E-state index contributed by atoms with van der Waals surface area (Å²) in [7, 11) is 1.80. The molecule has 3 N–H and O–H groups in total. The molecule has 0 aliphatic rings. The lowest BCUT2D eigenvalue weighted by molar-refractivity contribution is -0.128. The summed E-state index contributed by atoms with van der Waals surface area (Å²) in [5.41, 5.74) is 4.39. The summed E-state index contributed by atoms with van der Waals surface area (Å²) in [5.74, 6) is -0.404. The number of anilines is 1. The highest BCUT2D eigenvalue weighted by Crippen LogP contribution is 2.21. The van der Waals surface area contributed by atoms with E-state index in [0.717, 1.165) is 10.6 Å². The van der Waals surface area contributed by atoms with Crippen molar-refractivity contribution in [1.82, 2.24) is 15.8 Å². The van der Waals surface area contributed by atoms with Crippen LogP contribution in [0.4, 0.5) is 5.69 Å². The van der Waals surface area contributed by atoms with Crippen molar-refractivity contribution in [3.8, 4) is 0 Å². The van der Waals surface area contributed by atoms with Crippen LogP contribution in [0, 0.1) is 6.92 Å². The van der Waals surface area contributed by atoms with Crippen molar-refractivity contribution in [2.24, 2.45) is 0 Å². The van der Waals surface area contributed by atoms with Gasteiger partial charge in [-0.3, -0.25) is 29.6 Å². The molecule has 0 radical (unpaired) electrons. The number of Topliss-reactive ketones (excluding diaryl/α,β-unsaturated/α-hetero) is 1. The molecule has 1 aromatic rings. The van der Waals surface area contributed by atoms with Crippen LogP contribution >= 0.6 is 0 Å². The van der Waals surface area contributed by atoms with E-state index in [1.807, 2.05) is 19.8 Å². The summed E-state index contributed by atoms with van der Waals surface area (Å²) in [6, 6.07) is 5.35. The molecule has 0 unspecified atom stereocenters. The number of unbranched alkanes of at least 4 members (excludes halogenated alkanes) is 2. The number of amides is 3. The van der Waals surface area contributed by atoms with E-state index in [4.69, 9.17) is 19.0 Å². The van der Waals surface area contributed by atoms with Crippen LogP contribution in [0.5, 0.6) is 0 Å². The molecule has 39 heavy (non-hydrogen) atoms. The lowest BCUT2D eigenvalue weighted by atomic mass is 10.1. The highest BCUT2D eigenvalue weighted by molar-refractivity contribution is 5.91. The van der Waals surface area contributed by atoms with Crippen molar-refractivity contribution in [2.75, 3.05) is 58.6 Å². The van der Waals surface area contributed by atoms with E-state index in [9.17, 15) is 19.2 Å². The standard InChI is InChI=1S/C21H32N4O7.C5H12.CH2O/c1-17-4-3-5-20(19(17)12-25(16-27)23-15-26)24-21(29)6-8-30-10-11-32-14-18(28)13-31-9-7-22-2;1-3-5-4-2;1-2/h3-5,15-16,22H,6-14H2,1-2H3,(H,23,26)(H,24,29);3-5H2,1-2H3;1H2. The second kappa shape index (κ2) is 27.8. The van der Waals surface area contributed by atoms with Gasteiger partial charge in [0, 0.05) is 17.8 Å². The minimum absolute atomic E-state index is 0.0134. The van der Waals surface area contributed by atoms with Gasteiger partial charge in [-0.1, -0.05) is 45.2 Å². The van der Waals surface area contributed by atoms with Crippen LogP contribution in [0.25, 0.3) is 0 Å². The number of hydrogen-bond donors (Lipinski definition) is 3. The fraction of sp³-hybridized carbons (Fsp3) is 0.593. The Kier molecular flexibility index (Phi) is 27.1. The summed E-state index contributed by atoms with van der Waals surface area (Å²) < 4.78 is 15.7. The molecule has 222 valence electrons. The third kappa shape index (κ3) is 21.4. The number of carbonyl (C=O) groups is 5. The summed E-state index contributed by atoms with van der Waals surface area (Å²) in [4.78, 5) is 53.4. The predicted octanol–water partition coefficient (Wildman–Crippen LogP) is 1.79. The van der Waals surface area contributed by atoms with Gasteiger partial charge in [0.2, 0.25) is 18.7 Å². The highest BCUT2D eigenvalue weighted by atomic mass is 16.5. The molecule has 0 aliphatic carbocycles. The van der Waals surface area contributed by atoms with E-state index in [2.05, 4.69) is 29.9 Å². The van der Waals surface area contributed by atoms with Crippen molar-refractivity contribution in [3.05, 3.63) is 29.3 Å². The van der Waals surface area contributed by atoms with Crippen LogP contribution in [-0.2, 0) is 44.7 Å². The normalized spacial score (nSPS) is 9.74. The molecule has 0 fully saturated rings. The Bertz CT molecular complexity index is 793. The van der Waals surface area contributed by atoms with E-state index in [0.29, 0.717) is 37.2 Å². The number of ether oxygens (including phenoxy) is 3. The van der Waals surface area contributed by atoms with Gasteiger partial charge in [0.05, 0.1) is 39.4 Å². The number of hydrogen-bond acceptors (Lipinski definition) is 9. The molecule has 0 saturated heterocycles. The third-order valence-electron chi connectivity index (χ3n) is 4.93. The van der Waals surface area contributed by atoms with Crippen molar-refractivity contribution < 1.29 is 38.2 Å². The summed E-state index contributed by atoms with van der Waals surface area (Å²) in [5, 5.41) is 6.79. The zero-order valence-electron chi connectivity index (χ0n) is 23.8. The lowest BCUT2D eigenvalue weighted by Crippen LogP contribution is -2.35. The quantitative estimate of drug-likeness (QED) is 0.117. The van der Waals surface area contributed by atoms with Gasteiger partial charge in [-0.2, -0.15) is 0 Å². The number of hydrazine groups is 1. The molecule has 0 aliphatic heterocycles. The van der Waals surface area contributed by atoms with E-state index >= 15 is 0 Å². The zero-order valence-corrected chi connectivity index (χ0v) is 23.8. The van der Waals surface area contributed by atoms with Crippen molar-refractivity contribution in [3.63, 3.8) is 0 Å². The van der Waals surface area contributed by atoms with Gasteiger partial charge in [0.15, 0.2) is 5.78 Å². The molecular formula is C27H46N4O8. The largest absolute Gasteiger partial charge is 0.379 e. The number of likely N-dealkylation sites (N-methyl/N-ethyl adjacent to an activating group) is 1. The monoisotopic (exact) mass is 554 g/mol. The first kappa shape index (κ1) is 38.0. The maximum absolute atomic E-state index is 12.2. The topological polar surface area (TPSA) is 152 Å². The average molecular weight is 555 g/mol. The van der Waals surface area contributed by atoms with Gasteiger partial charge in [-0.25, -0.2) is 0 Å². The van der Waals surface area contributed by atoms with E-state index in [1.54, 1.807) is 19.2 Å². The first-order valence-corrected chi connectivity index (χ1v) is 12.9. The highest BCUT2D eigenvalue weighted by Gasteiger charge is 2.12. The molecular weight excluding hydrogens is 508 g/mol. The molecule has 0 aromatic heterocycles. The molecule has 0 spiro atoms. The van der Waals surface area contributed by atoms with Crippen molar-refractivity contribution in [2.45, 2.75) is 53.0 Å². The number of carbonyl (C=O) groups excluding carboxylic acids is 5. The van der Waals surface area contributed by atoms with Crippen LogP contribution < -0.4 is 16.1 Å². The number of ketones is 1. The maximum atomic E-state index is 12.2. The van der Waals surface area contributed by atoms with Crippen LogP contribution in [0.1, 0.15) is 50.7 Å². The molecule has 0 atom stereocenters. The predicted molar refractivity (Wildman–Crippen MR) is 149 cm³/mol. The minimum atomic E-state index is -0.257. The van der Waals surface area contributed by atoms with Crippen molar-refractivity contribution in [1.29, 1.82) is 0 Å². The second-order valence-electron chi connectivity index (χ2n) is 8.09. The Morgan fingerprint density at radius 2 is 1.62 bits per heavy atom. The first-order valence-electron chi connectivity index (χ1n) is 12.9. The smallest absolute Gasteiger partial charge is 0.228 e. The van der Waals surface area contributed by atoms with Gasteiger partial charge in [0.1, 0.15) is 20.0 Å². The fourth-order valence-electron chi connectivity index (χ4n) is 2.92. The second-order valence-corrected chi connectivity index (χ2v) is 8.09. The Hall–Kier alpha value is -3.19. The van der Waals surface area contributed by atoms with Crippen LogP contribution in [0.3, 0.4) is 0 Å². The molecule has 1 aromatic carbocycles. The molecule has 0 bridgehead atoms. The van der Waals surface area contributed by atoms with E-state index in [1.165, 1.54) is 19.3 Å². The van der Waals surface area contributed by atoms with Gasteiger partial charge >= 0.3 is 0 Å². The Labute approximate surface area is 232 Å². The number of rotatable bonds is 21. The number of nitrogens with one attached hydrogen (secondary N) is 3. The number of nitrogens with zero attached hydrogens (tertiary/aromatic N) is 1. The number of aryl methyl sites for hydroxylation is 1. The average Bonchev–Trinajstić information content (AvgIpc) is 2.94. The fourth-order valence-corrected chi connectivity index (χ4v) is 2.92. The van der Waals surface area contributed by atoms with Crippen LogP contribution in [0.15, 0.2) is 18.2 Å². The van der Waals surface area contributed by atoms with Crippen molar-refractivity contribution >= 4 is 37.0 Å². The van der Waals surface area contributed by atoms with Crippen LogP contribution in [0.2, 0.25) is 0 Å². The van der Waals surface area contributed by atoms with Crippen LogP contribution in [-0.4, -0.2) is 89.5 Å². The minimum Gasteiger partial charge on any atom is -0.379 e. The molecule has 3 amide bonds. The third-order valence-corrected chi connectivity index (χ3v) is 4.93. The number of benzene rings is 1. The van der Waals surface area contributed by atoms with Gasteiger partial charge in [-0.05, 0) is 25.6 Å². The molecule has 12 nitrogen and oxygen atoms in total. The van der Waals surface area contributed by atoms with E-state index < -0.39 is 0 Å². The zero-order chi connectivity index (χ0) is 29.7. The summed E-state index contributed by atoms with van der Waals surface area (Å²) in [6.45, 7) is 10.2. The molecule has 12 heteroatoms. The molecule has 0 saturated carbocycles. The summed E-state index contributed by atoms with van der Waals surface area (Å²) >= 11 is 0. The van der Waals surface area contributed by atoms with Gasteiger partial charge in [-0.15, -0.1) is 0 Å². The van der Waals surface area contributed by atoms with Gasteiger partial charge in [0.25, 0.3) is 0 Å². The summed E-state index contributed by atoms with van der Waals surface area (Å²) in [6.07, 6.45) is 5.09. The van der Waals surface area contributed by atoms with E-state index in [-0.39, 0.29) is 57.7 Å². The SMILES string of the molecule is C=O.CCCCC.CNCCOCC(=O)COCCOCCC(=O)Nc1cccc(C)c1CN(C=O)NC=O. The molecule has 1 rings (SSSR count). The first-order chi connectivity index (χ1) is 18.9. The maximum Gasteiger partial charge on any atom is 0.228 e. The van der Waals surface area contributed by atoms with Gasteiger partial charge < -0.3 is 29.6 Å². The lowest BCUT2D eigenvalue weighted by Gasteiger charge is -2.20. The molecule has 0 heterocycles. The Balaban J connectivity index is 0. The Morgan fingerprint density at radius 3 is 2.18 bits per heavy atom.